The Bertz CT molecular complexity index is 1830. The van der Waals surface area contributed by atoms with E-state index in [0.29, 0.717) is 28.4 Å². The van der Waals surface area contributed by atoms with Gasteiger partial charge < -0.3 is 30.0 Å². The van der Waals surface area contributed by atoms with E-state index < -0.39 is 0 Å². The Morgan fingerprint density at radius 2 is 1.46 bits per heavy atom. The summed E-state index contributed by atoms with van der Waals surface area (Å²) in [6.07, 6.45) is 2.21. The van der Waals surface area contributed by atoms with Gasteiger partial charge in [-0.25, -0.2) is 14.8 Å². The highest BCUT2D eigenvalue weighted by molar-refractivity contribution is 6.04. The van der Waals surface area contributed by atoms with Gasteiger partial charge in [0.1, 0.15) is 11.5 Å². The SMILES string of the molecule is CCN(Cc1cn(-c2ccc(C(=O)Nc3ccc(Oc4ccc(NC(=O)NC(C)C)cc4)cc3)cc2)c2ccccc12)N1CCOCC1. The third-order valence-electron chi connectivity index (χ3n) is 8.19. The molecular formula is C38H42N6O4. The molecule has 6 rings (SSSR count). The second-order valence-electron chi connectivity index (χ2n) is 12.0. The van der Waals surface area contributed by atoms with E-state index in [1.807, 2.05) is 38.1 Å². The van der Waals surface area contributed by atoms with Crippen LogP contribution in [0.2, 0.25) is 0 Å². The number of aromatic nitrogens is 1. The molecule has 1 fully saturated rings. The maximum absolute atomic E-state index is 13.1. The number of nitrogens with one attached hydrogen (secondary N) is 3. The molecule has 248 valence electrons. The predicted octanol–water partition coefficient (Wildman–Crippen LogP) is 7.27. The Kier molecular flexibility index (Phi) is 10.4. The lowest BCUT2D eigenvalue weighted by molar-refractivity contribution is -0.0924. The molecule has 3 amide bonds. The van der Waals surface area contributed by atoms with E-state index in [2.05, 4.69) is 67.9 Å². The van der Waals surface area contributed by atoms with Crippen LogP contribution in [-0.4, -0.2) is 65.4 Å². The molecule has 0 bridgehead atoms. The fraction of sp³-hybridized carbons (Fsp3) is 0.263. The number of anilines is 2. The minimum atomic E-state index is -0.255. The molecule has 0 aliphatic carbocycles. The molecule has 1 saturated heterocycles. The number of urea groups is 1. The lowest BCUT2D eigenvalue weighted by Gasteiger charge is -2.36. The molecule has 0 saturated carbocycles. The Balaban J connectivity index is 1.08. The van der Waals surface area contributed by atoms with Gasteiger partial charge in [0.15, 0.2) is 0 Å². The van der Waals surface area contributed by atoms with Gasteiger partial charge in [0, 0.05) is 66.4 Å². The van der Waals surface area contributed by atoms with Crippen LogP contribution in [0.4, 0.5) is 16.2 Å². The van der Waals surface area contributed by atoms with Crippen LogP contribution in [0.5, 0.6) is 11.5 Å². The maximum atomic E-state index is 13.1. The zero-order chi connectivity index (χ0) is 33.5. The monoisotopic (exact) mass is 646 g/mol. The summed E-state index contributed by atoms with van der Waals surface area (Å²) in [7, 11) is 0. The smallest absolute Gasteiger partial charge is 0.319 e. The highest BCUT2D eigenvalue weighted by Crippen LogP contribution is 2.28. The van der Waals surface area contributed by atoms with E-state index in [4.69, 9.17) is 9.47 Å². The summed E-state index contributed by atoms with van der Waals surface area (Å²) in [6.45, 7) is 11.1. The van der Waals surface area contributed by atoms with Gasteiger partial charge in [-0.15, -0.1) is 0 Å². The number of para-hydroxylation sites is 1. The van der Waals surface area contributed by atoms with Gasteiger partial charge in [-0.05, 0) is 98.3 Å². The fourth-order valence-electron chi connectivity index (χ4n) is 5.79. The van der Waals surface area contributed by atoms with E-state index in [-0.39, 0.29) is 18.0 Å². The summed E-state index contributed by atoms with van der Waals surface area (Å²) < 4.78 is 13.7. The number of carbonyl (C=O) groups is 2. The van der Waals surface area contributed by atoms with E-state index in [1.54, 1.807) is 48.5 Å². The highest BCUT2D eigenvalue weighted by atomic mass is 16.5. The summed E-state index contributed by atoms with van der Waals surface area (Å²) in [5.41, 5.74) is 5.28. The van der Waals surface area contributed by atoms with E-state index in [9.17, 15) is 9.59 Å². The van der Waals surface area contributed by atoms with Crippen molar-refractivity contribution >= 4 is 34.2 Å². The van der Waals surface area contributed by atoms with Crippen molar-refractivity contribution in [3.05, 3.63) is 114 Å². The molecule has 10 nitrogen and oxygen atoms in total. The van der Waals surface area contributed by atoms with Gasteiger partial charge in [-0.3, -0.25) is 4.79 Å². The first kappa shape index (κ1) is 32.8. The largest absolute Gasteiger partial charge is 0.457 e. The van der Waals surface area contributed by atoms with Gasteiger partial charge in [0.25, 0.3) is 5.91 Å². The number of hydrazine groups is 1. The van der Waals surface area contributed by atoms with Gasteiger partial charge in [-0.1, -0.05) is 25.1 Å². The van der Waals surface area contributed by atoms with Crippen LogP contribution in [0.15, 0.2) is 103 Å². The van der Waals surface area contributed by atoms with Crippen LogP contribution in [0.3, 0.4) is 0 Å². The molecule has 1 aliphatic rings. The average molecular weight is 647 g/mol. The first-order valence-electron chi connectivity index (χ1n) is 16.4. The topological polar surface area (TPSA) is 100 Å². The van der Waals surface area contributed by atoms with Crippen LogP contribution in [0, 0.1) is 0 Å². The summed E-state index contributed by atoms with van der Waals surface area (Å²) in [4.78, 5) is 25.0. The minimum Gasteiger partial charge on any atom is -0.457 e. The van der Waals surface area contributed by atoms with Crippen LogP contribution in [0.25, 0.3) is 16.6 Å². The molecule has 3 N–H and O–H groups in total. The number of rotatable bonds is 11. The van der Waals surface area contributed by atoms with Crippen molar-refractivity contribution in [3.63, 3.8) is 0 Å². The molecule has 0 unspecified atom stereocenters. The summed E-state index contributed by atoms with van der Waals surface area (Å²) in [6, 6.07) is 30.3. The Labute approximate surface area is 281 Å². The van der Waals surface area contributed by atoms with E-state index in [1.165, 1.54) is 10.9 Å². The van der Waals surface area contributed by atoms with E-state index >= 15 is 0 Å². The molecule has 0 radical (unpaired) electrons. The zero-order valence-electron chi connectivity index (χ0n) is 27.6. The second kappa shape index (κ2) is 15.2. The molecular weight excluding hydrogens is 604 g/mol. The lowest BCUT2D eigenvalue weighted by atomic mass is 10.1. The zero-order valence-corrected chi connectivity index (χ0v) is 27.6. The van der Waals surface area contributed by atoms with Crippen molar-refractivity contribution < 1.29 is 19.1 Å². The van der Waals surface area contributed by atoms with Crippen LogP contribution < -0.4 is 20.7 Å². The molecule has 1 aliphatic heterocycles. The minimum absolute atomic E-state index is 0.0507. The number of benzene rings is 4. The molecule has 10 heteroatoms. The normalized spacial score (nSPS) is 13.5. The predicted molar refractivity (Wildman–Crippen MR) is 190 cm³/mol. The highest BCUT2D eigenvalue weighted by Gasteiger charge is 2.20. The third-order valence-corrected chi connectivity index (χ3v) is 8.19. The van der Waals surface area contributed by atoms with Crippen molar-refractivity contribution in [1.29, 1.82) is 0 Å². The molecule has 0 atom stereocenters. The van der Waals surface area contributed by atoms with E-state index in [0.717, 1.165) is 50.6 Å². The van der Waals surface area contributed by atoms with Crippen LogP contribution in [0.1, 0.15) is 36.7 Å². The van der Waals surface area contributed by atoms with Crippen molar-refractivity contribution in [1.82, 2.24) is 19.9 Å². The molecule has 0 spiro atoms. The van der Waals surface area contributed by atoms with Crippen molar-refractivity contribution in [3.8, 4) is 17.2 Å². The van der Waals surface area contributed by atoms with Gasteiger partial charge in [-0.2, -0.15) is 0 Å². The first-order valence-corrected chi connectivity index (χ1v) is 16.4. The molecule has 48 heavy (non-hydrogen) atoms. The van der Waals surface area contributed by atoms with Crippen molar-refractivity contribution in [2.75, 3.05) is 43.5 Å². The number of carbonyl (C=O) groups excluding carboxylic acids is 2. The number of hydrogen-bond acceptors (Lipinski definition) is 6. The molecule has 2 heterocycles. The number of nitrogens with zero attached hydrogens (tertiary/aromatic N) is 3. The Morgan fingerprint density at radius 1 is 0.833 bits per heavy atom. The van der Waals surface area contributed by atoms with Crippen LogP contribution in [-0.2, 0) is 11.3 Å². The summed E-state index contributed by atoms with van der Waals surface area (Å²) in [5, 5.41) is 14.6. The average Bonchev–Trinajstić information content (AvgIpc) is 3.47. The van der Waals surface area contributed by atoms with Crippen LogP contribution >= 0.6 is 0 Å². The number of morpholine rings is 1. The number of fused-ring (bicyclic) bond motifs is 1. The maximum Gasteiger partial charge on any atom is 0.319 e. The third kappa shape index (κ3) is 8.03. The summed E-state index contributed by atoms with van der Waals surface area (Å²) >= 11 is 0. The Hall–Kier alpha value is -5.16. The fourth-order valence-corrected chi connectivity index (χ4v) is 5.79. The number of amides is 3. The quantitative estimate of drug-likeness (QED) is 0.140. The van der Waals surface area contributed by atoms with Gasteiger partial charge >= 0.3 is 6.03 Å². The lowest BCUT2D eigenvalue weighted by Crippen LogP contribution is -2.48. The van der Waals surface area contributed by atoms with Gasteiger partial charge in [0.05, 0.1) is 18.7 Å². The van der Waals surface area contributed by atoms with Crippen molar-refractivity contribution in [2.45, 2.75) is 33.4 Å². The standard InChI is InChI=1S/C38H42N6O4/c1-4-42(43-21-23-47-24-22-43)25-29-26-44(36-8-6-5-7-35(29)36)32-15-9-28(10-16-32)37(45)40-30-11-17-33(18-12-30)48-34-19-13-31(14-20-34)41-38(46)39-27(2)3/h5-20,26-27H,4,21-25H2,1-3H3,(H,40,45)(H2,39,41,46). The van der Waals surface area contributed by atoms with Crippen molar-refractivity contribution in [2.24, 2.45) is 0 Å². The second-order valence-corrected chi connectivity index (χ2v) is 12.0. The molecule has 5 aromatic rings. The number of hydrogen-bond donors (Lipinski definition) is 3. The summed E-state index contributed by atoms with van der Waals surface area (Å²) in [5.74, 6) is 1.06. The van der Waals surface area contributed by atoms with Gasteiger partial charge in [0.2, 0.25) is 0 Å². The molecule has 4 aromatic carbocycles. The number of ether oxygens (including phenoxy) is 2. The first-order chi connectivity index (χ1) is 23.4. The molecule has 1 aromatic heterocycles. The Morgan fingerprint density at radius 3 is 2.08 bits per heavy atom.